The summed E-state index contributed by atoms with van der Waals surface area (Å²) in [5, 5.41) is 11.6. The first-order valence-corrected chi connectivity index (χ1v) is 15.2. The number of halogens is 2. The van der Waals surface area contributed by atoms with Gasteiger partial charge in [0.2, 0.25) is 0 Å². The van der Waals surface area contributed by atoms with Gasteiger partial charge in [-0.25, -0.2) is 4.98 Å². The SMILES string of the molecule is COc1ccc2nc3cc(Cl)ccc3c(NCCN(C)CCN(C)CCOCCNc3ccnc4cc(Cl)ccc34)c2c1. The van der Waals surface area contributed by atoms with Crippen molar-refractivity contribution < 1.29 is 9.47 Å². The molecule has 0 spiro atoms. The third kappa shape index (κ3) is 8.16. The third-order valence-electron chi connectivity index (χ3n) is 7.49. The van der Waals surface area contributed by atoms with Gasteiger partial charge in [-0.05, 0) is 74.8 Å². The van der Waals surface area contributed by atoms with Crippen molar-refractivity contribution in [3.05, 3.63) is 76.9 Å². The molecule has 0 amide bonds. The molecule has 8 nitrogen and oxygen atoms in total. The minimum atomic E-state index is 0.632. The lowest BCUT2D eigenvalue weighted by Gasteiger charge is -2.22. The molecule has 0 aliphatic carbocycles. The van der Waals surface area contributed by atoms with Crippen LogP contribution in [-0.4, -0.2) is 93.5 Å². The van der Waals surface area contributed by atoms with Gasteiger partial charge in [0.1, 0.15) is 5.75 Å². The molecule has 2 aromatic heterocycles. The summed E-state index contributed by atoms with van der Waals surface area (Å²) in [7, 11) is 5.97. The number of rotatable bonds is 15. The molecule has 0 radical (unpaired) electrons. The molecule has 0 bridgehead atoms. The molecule has 2 heterocycles. The molecule has 0 aliphatic heterocycles. The Morgan fingerprint density at radius 1 is 0.698 bits per heavy atom. The Morgan fingerprint density at radius 3 is 2.23 bits per heavy atom. The number of benzene rings is 3. The van der Waals surface area contributed by atoms with E-state index in [4.69, 9.17) is 37.7 Å². The van der Waals surface area contributed by atoms with Gasteiger partial charge < -0.3 is 29.9 Å². The highest BCUT2D eigenvalue weighted by molar-refractivity contribution is 6.31. The van der Waals surface area contributed by atoms with E-state index >= 15 is 0 Å². The lowest BCUT2D eigenvalue weighted by Crippen LogP contribution is -2.35. The largest absolute Gasteiger partial charge is 0.497 e. The summed E-state index contributed by atoms with van der Waals surface area (Å²) in [6, 6.07) is 19.5. The van der Waals surface area contributed by atoms with E-state index in [9.17, 15) is 0 Å². The molecular formula is C33H38Cl2N6O2. The molecule has 2 N–H and O–H groups in total. The highest BCUT2D eigenvalue weighted by atomic mass is 35.5. The lowest BCUT2D eigenvalue weighted by molar-refractivity contribution is 0.116. The maximum atomic E-state index is 6.27. The molecule has 43 heavy (non-hydrogen) atoms. The van der Waals surface area contributed by atoms with Crippen LogP contribution in [0.2, 0.25) is 10.0 Å². The fraction of sp³-hybridized carbons (Fsp3) is 0.333. The van der Waals surface area contributed by atoms with Crippen LogP contribution >= 0.6 is 23.2 Å². The van der Waals surface area contributed by atoms with Crippen LogP contribution in [0, 0.1) is 0 Å². The van der Waals surface area contributed by atoms with Crippen molar-refractivity contribution in [2.24, 2.45) is 0 Å². The first-order valence-electron chi connectivity index (χ1n) is 14.4. The van der Waals surface area contributed by atoms with Gasteiger partial charge in [0, 0.05) is 77.4 Å². The molecule has 0 atom stereocenters. The number of nitrogens with one attached hydrogen (secondary N) is 2. The Labute approximate surface area is 262 Å². The summed E-state index contributed by atoms with van der Waals surface area (Å²) < 4.78 is 11.4. The Morgan fingerprint density at radius 2 is 1.44 bits per heavy atom. The zero-order valence-corrected chi connectivity index (χ0v) is 26.4. The molecule has 3 aromatic carbocycles. The predicted molar refractivity (Wildman–Crippen MR) is 180 cm³/mol. The number of pyridine rings is 2. The zero-order valence-electron chi connectivity index (χ0n) is 24.9. The van der Waals surface area contributed by atoms with Crippen molar-refractivity contribution in [1.82, 2.24) is 19.8 Å². The number of hydrogen-bond acceptors (Lipinski definition) is 8. The van der Waals surface area contributed by atoms with Gasteiger partial charge in [0.05, 0.1) is 42.6 Å². The Kier molecular flexibility index (Phi) is 10.7. The van der Waals surface area contributed by atoms with E-state index in [-0.39, 0.29) is 0 Å². The van der Waals surface area contributed by atoms with Crippen LogP contribution in [0.5, 0.6) is 5.75 Å². The van der Waals surface area contributed by atoms with Gasteiger partial charge >= 0.3 is 0 Å². The number of nitrogens with zero attached hydrogens (tertiary/aromatic N) is 4. The monoisotopic (exact) mass is 620 g/mol. The van der Waals surface area contributed by atoms with E-state index in [0.717, 1.165) is 89.1 Å². The summed E-state index contributed by atoms with van der Waals surface area (Å²) >= 11 is 12.4. The van der Waals surface area contributed by atoms with Gasteiger partial charge in [-0.1, -0.05) is 23.2 Å². The van der Waals surface area contributed by atoms with Gasteiger partial charge in [0.15, 0.2) is 0 Å². The van der Waals surface area contributed by atoms with Gasteiger partial charge in [-0.2, -0.15) is 0 Å². The number of anilines is 2. The van der Waals surface area contributed by atoms with Gasteiger partial charge in [-0.3, -0.25) is 4.98 Å². The number of methoxy groups -OCH3 is 1. The van der Waals surface area contributed by atoms with Crippen molar-refractivity contribution >= 4 is 67.3 Å². The summed E-state index contributed by atoms with van der Waals surface area (Å²) in [5.41, 5.74) is 4.74. The van der Waals surface area contributed by atoms with Crippen LogP contribution in [0.4, 0.5) is 11.4 Å². The number of fused-ring (bicyclic) bond motifs is 3. The second-order valence-electron chi connectivity index (χ2n) is 10.6. The van der Waals surface area contributed by atoms with E-state index in [2.05, 4.69) is 39.5 Å². The number of aromatic nitrogens is 2. The van der Waals surface area contributed by atoms with Gasteiger partial charge in [0.25, 0.3) is 0 Å². The number of likely N-dealkylation sites (N-methyl/N-ethyl adjacent to an activating group) is 2. The van der Waals surface area contributed by atoms with Gasteiger partial charge in [-0.15, -0.1) is 0 Å². The van der Waals surface area contributed by atoms with Crippen LogP contribution in [-0.2, 0) is 4.74 Å². The Balaban J connectivity index is 1.03. The number of hydrogen-bond donors (Lipinski definition) is 2. The van der Waals surface area contributed by atoms with Crippen LogP contribution in [0.25, 0.3) is 32.7 Å². The third-order valence-corrected chi connectivity index (χ3v) is 7.96. The average molecular weight is 622 g/mol. The smallest absolute Gasteiger partial charge is 0.119 e. The molecule has 0 fully saturated rings. The van der Waals surface area contributed by atoms with Crippen LogP contribution < -0.4 is 15.4 Å². The molecule has 0 saturated carbocycles. The van der Waals surface area contributed by atoms with E-state index < -0.39 is 0 Å². The van der Waals surface area contributed by atoms with E-state index in [1.807, 2.05) is 60.7 Å². The van der Waals surface area contributed by atoms with Crippen LogP contribution in [0.3, 0.4) is 0 Å². The summed E-state index contributed by atoms with van der Waals surface area (Å²) in [5.74, 6) is 0.805. The fourth-order valence-corrected chi connectivity index (χ4v) is 5.34. The highest BCUT2D eigenvalue weighted by Crippen LogP contribution is 2.34. The average Bonchev–Trinajstić information content (AvgIpc) is 3.00. The molecule has 5 aromatic rings. The van der Waals surface area contributed by atoms with Crippen molar-refractivity contribution in [2.75, 3.05) is 84.3 Å². The molecule has 10 heteroatoms. The summed E-state index contributed by atoms with van der Waals surface area (Å²) in [6.07, 6.45) is 1.79. The Bertz CT molecular complexity index is 1680. The first kappa shape index (κ1) is 31.0. The minimum absolute atomic E-state index is 0.632. The molecule has 226 valence electrons. The molecule has 0 unspecified atom stereocenters. The lowest BCUT2D eigenvalue weighted by atomic mass is 10.1. The molecule has 5 rings (SSSR count). The molecule has 0 saturated heterocycles. The van der Waals surface area contributed by atoms with E-state index in [1.165, 1.54) is 0 Å². The quantitative estimate of drug-likeness (QED) is 0.0994. The standard InChI is InChI=1S/C33H38Cl2N6O2/c1-40(14-12-38-33-27-8-5-24(35)21-32(27)39-30-9-6-25(42-3)22-28(30)33)15-16-41(2)17-19-43-18-13-37-29-10-11-36-31-20-23(34)4-7-26(29)31/h4-11,20-22H,12-19H2,1-3H3,(H,36,37)(H,38,39). The number of ether oxygens (including phenoxy) is 2. The van der Waals surface area contributed by atoms with Crippen molar-refractivity contribution in [3.63, 3.8) is 0 Å². The first-order chi connectivity index (χ1) is 20.9. The van der Waals surface area contributed by atoms with Crippen molar-refractivity contribution in [3.8, 4) is 5.75 Å². The maximum Gasteiger partial charge on any atom is 0.119 e. The second kappa shape index (κ2) is 14.9. The Hall–Kier alpha value is -3.40. The van der Waals surface area contributed by atoms with Crippen molar-refractivity contribution in [1.29, 1.82) is 0 Å². The second-order valence-corrected chi connectivity index (χ2v) is 11.5. The molecule has 0 aliphatic rings. The normalized spacial score (nSPS) is 11.7. The predicted octanol–water partition coefficient (Wildman–Crippen LogP) is 6.66. The minimum Gasteiger partial charge on any atom is -0.497 e. The maximum absolute atomic E-state index is 6.27. The van der Waals surface area contributed by atoms with E-state index in [1.54, 1.807) is 13.3 Å². The van der Waals surface area contributed by atoms with Crippen LogP contribution in [0.15, 0.2) is 66.9 Å². The topological polar surface area (TPSA) is 74.8 Å². The highest BCUT2D eigenvalue weighted by Gasteiger charge is 2.12. The van der Waals surface area contributed by atoms with Crippen LogP contribution in [0.1, 0.15) is 0 Å². The summed E-state index contributed by atoms with van der Waals surface area (Å²) in [6.45, 7) is 6.53. The molecular weight excluding hydrogens is 583 g/mol. The van der Waals surface area contributed by atoms with E-state index in [0.29, 0.717) is 23.3 Å². The van der Waals surface area contributed by atoms with Crippen molar-refractivity contribution in [2.45, 2.75) is 0 Å². The fourth-order valence-electron chi connectivity index (χ4n) is 5.01. The summed E-state index contributed by atoms with van der Waals surface area (Å²) in [4.78, 5) is 13.8. The zero-order chi connectivity index (χ0) is 30.2.